The van der Waals surface area contributed by atoms with Gasteiger partial charge in [-0.15, -0.1) is 0 Å². The van der Waals surface area contributed by atoms with Crippen LogP contribution in [0.3, 0.4) is 0 Å². The number of hydrogen-bond acceptors (Lipinski definition) is 2. The average molecular weight is 432 g/mol. The number of methoxy groups -OCH3 is 1. The molecule has 0 spiro atoms. The summed E-state index contributed by atoms with van der Waals surface area (Å²) in [4.78, 5) is 12.2. The Balaban J connectivity index is 2.22. The van der Waals surface area contributed by atoms with Crippen LogP contribution in [0.2, 0.25) is 0 Å². The molecule has 19 heavy (non-hydrogen) atoms. The molecule has 2 aromatic carbocycles. The molecule has 3 nitrogen and oxygen atoms in total. The Hall–Kier alpha value is -1.08. The van der Waals surface area contributed by atoms with Crippen LogP contribution in [0.4, 0.5) is 5.69 Å². The summed E-state index contributed by atoms with van der Waals surface area (Å²) in [5, 5.41) is 2.85. The number of carbonyl (C=O) groups is 1. The number of ether oxygens (including phenoxy) is 1. The molecule has 0 bridgehead atoms. The monoisotopic (exact) mass is 431 g/mol. The molecule has 0 heterocycles. The summed E-state index contributed by atoms with van der Waals surface area (Å²) in [5.41, 5.74) is 1.30. The number of nitrogens with one attached hydrogen (secondary N) is 1. The summed E-state index contributed by atoms with van der Waals surface area (Å²) < 4.78 is 6.98. The summed E-state index contributed by atoms with van der Waals surface area (Å²) in [6, 6.07) is 12.9. The first kappa shape index (κ1) is 14.3. The van der Waals surface area contributed by atoms with Crippen molar-refractivity contribution >= 4 is 50.1 Å². The first-order valence-corrected chi connectivity index (χ1v) is 7.38. The van der Waals surface area contributed by atoms with E-state index >= 15 is 0 Å². The molecule has 0 atom stereocenters. The predicted octanol–water partition coefficient (Wildman–Crippen LogP) is 4.31. The Morgan fingerprint density at radius 2 is 1.89 bits per heavy atom. The van der Waals surface area contributed by atoms with E-state index in [2.05, 4.69) is 43.8 Å². The second-order valence-electron chi connectivity index (χ2n) is 3.81. The van der Waals surface area contributed by atoms with Crippen molar-refractivity contribution in [2.75, 3.05) is 12.4 Å². The Morgan fingerprint density at radius 3 is 2.53 bits per heavy atom. The molecular weight excluding hydrogens is 421 g/mol. The molecule has 0 aliphatic rings. The fourth-order valence-corrected chi connectivity index (χ4v) is 2.32. The van der Waals surface area contributed by atoms with Gasteiger partial charge < -0.3 is 10.1 Å². The largest absolute Gasteiger partial charge is 0.497 e. The molecule has 1 N–H and O–H groups in total. The fourth-order valence-electron chi connectivity index (χ4n) is 1.54. The van der Waals surface area contributed by atoms with Crippen molar-refractivity contribution in [3.05, 3.63) is 56.1 Å². The van der Waals surface area contributed by atoms with Gasteiger partial charge in [0.1, 0.15) is 5.75 Å². The van der Waals surface area contributed by atoms with Gasteiger partial charge in [0.05, 0.1) is 12.7 Å². The van der Waals surface area contributed by atoms with Gasteiger partial charge >= 0.3 is 0 Å². The third kappa shape index (κ3) is 3.70. The van der Waals surface area contributed by atoms with E-state index < -0.39 is 0 Å². The van der Waals surface area contributed by atoms with Gasteiger partial charge in [-0.2, -0.15) is 0 Å². The Morgan fingerprint density at radius 1 is 1.21 bits per heavy atom. The standard InChI is InChI=1S/C14H11BrINO2/c1-19-11-6-7-13(15)12(8-11)14(18)17-10-4-2-9(16)3-5-10/h2-8H,1H3,(H,17,18). The van der Waals surface area contributed by atoms with E-state index in [0.29, 0.717) is 11.3 Å². The van der Waals surface area contributed by atoms with E-state index in [0.717, 1.165) is 13.7 Å². The van der Waals surface area contributed by atoms with E-state index in [1.165, 1.54) is 0 Å². The van der Waals surface area contributed by atoms with Crippen molar-refractivity contribution < 1.29 is 9.53 Å². The van der Waals surface area contributed by atoms with Crippen LogP contribution in [0.5, 0.6) is 5.75 Å². The molecule has 2 aromatic rings. The quantitative estimate of drug-likeness (QED) is 0.735. The van der Waals surface area contributed by atoms with Crippen molar-refractivity contribution in [1.29, 1.82) is 0 Å². The highest BCUT2D eigenvalue weighted by Crippen LogP contribution is 2.23. The average Bonchev–Trinajstić information content (AvgIpc) is 2.42. The Kier molecular flexibility index (Phi) is 4.81. The van der Waals surface area contributed by atoms with E-state index in [-0.39, 0.29) is 5.91 Å². The molecule has 0 aliphatic heterocycles. The third-order valence-electron chi connectivity index (χ3n) is 2.52. The van der Waals surface area contributed by atoms with Crippen molar-refractivity contribution in [1.82, 2.24) is 0 Å². The van der Waals surface area contributed by atoms with Crippen LogP contribution in [0.25, 0.3) is 0 Å². The number of rotatable bonds is 3. The molecule has 0 aliphatic carbocycles. The van der Waals surface area contributed by atoms with Crippen molar-refractivity contribution in [3.8, 4) is 5.75 Å². The van der Waals surface area contributed by atoms with Crippen molar-refractivity contribution in [2.24, 2.45) is 0 Å². The highest BCUT2D eigenvalue weighted by molar-refractivity contribution is 14.1. The normalized spacial score (nSPS) is 10.1. The van der Waals surface area contributed by atoms with Gasteiger partial charge in [-0.05, 0) is 81.0 Å². The molecule has 1 amide bonds. The van der Waals surface area contributed by atoms with Crippen molar-refractivity contribution in [2.45, 2.75) is 0 Å². The number of halogens is 2. The fraction of sp³-hybridized carbons (Fsp3) is 0.0714. The Labute approximate surface area is 133 Å². The van der Waals surface area contributed by atoms with Crippen LogP contribution in [0, 0.1) is 3.57 Å². The van der Waals surface area contributed by atoms with E-state index in [4.69, 9.17) is 4.74 Å². The summed E-state index contributed by atoms with van der Waals surface area (Å²) in [6.07, 6.45) is 0. The number of hydrogen-bond donors (Lipinski definition) is 1. The molecule has 0 aromatic heterocycles. The minimum absolute atomic E-state index is 0.174. The second kappa shape index (κ2) is 6.38. The lowest BCUT2D eigenvalue weighted by Crippen LogP contribution is -2.12. The molecule has 98 valence electrons. The maximum Gasteiger partial charge on any atom is 0.256 e. The van der Waals surface area contributed by atoms with Crippen LogP contribution < -0.4 is 10.1 Å². The van der Waals surface area contributed by atoms with Gasteiger partial charge in [0, 0.05) is 13.7 Å². The predicted molar refractivity (Wildman–Crippen MR) is 87.8 cm³/mol. The zero-order chi connectivity index (χ0) is 13.8. The number of anilines is 1. The first-order valence-electron chi connectivity index (χ1n) is 5.50. The topological polar surface area (TPSA) is 38.3 Å². The minimum Gasteiger partial charge on any atom is -0.497 e. The van der Waals surface area contributed by atoms with E-state index in [1.54, 1.807) is 25.3 Å². The van der Waals surface area contributed by atoms with Gasteiger partial charge in [0.25, 0.3) is 5.91 Å². The van der Waals surface area contributed by atoms with E-state index in [9.17, 15) is 4.79 Å². The molecule has 0 fully saturated rings. The number of carbonyl (C=O) groups excluding carboxylic acids is 1. The van der Waals surface area contributed by atoms with Gasteiger partial charge in [0.15, 0.2) is 0 Å². The highest BCUT2D eigenvalue weighted by atomic mass is 127. The molecule has 0 unspecified atom stereocenters. The number of benzene rings is 2. The zero-order valence-electron chi connectivity index (χ0n) is 10.1. The van der Waals surface area contributed by atoms with Crippen LogP contribution in [0.1, 0.15) is 10.4 Å². The maximum atomic E-state index is 12.2. The lowest BCUT2D eigenvalue weighted by atomic mass is 10.2. The summed E-state index contributed by atoms with van der Waals surface area (Å²) in [5.74, 6) is 0.475. The molecule has 0 saturated heterocycles. The summed E-state index contributed by atoms with van der Waals surface area (Å²) in [7, 11) is 1.57. The lowest BCUT2D eigenvalue weighted by Gasteiger charge is -2.08. The third-order valence-corrected chi connectivity index (χ3v) is 3.93. The van der Waals surface area contributed by atoms with E-state index in [1.807, 2.05) is 24.3 Å². The van der Waals surface area contributed by atoms with Crippen molar-refractivity contribution in [3.63, 3.8) is 0 Å². The molecule has 2 rings (SSSR count). The molecule has 0 saturated carbocycles. The van der Waals surface area contributed by atoms with Gasteiger partial charge in [0.2, 0.25) is 0 Å². The SMILES string of the molecule is COc1ccc(Br)c(C(=O)Nc2ccc(I)cc2)c1. The van der Waals surface area contributed by atoms with Crippen LogP contribution in [-0.4, -0.2) is 13.0 Å². The van der Waals surface area contributed by atoms with Gasteiger partial charge in [-0.3, -0.25) is 4.79 Å². The van der Waals surface area contributed by atoms with Crippen LogP contribution in [0.15, 0.2) is 46.9 Å². The number of amides is 1. The van der Waals surface area contributed by atoms with Gasteiger partial charge in [-0.1, -0.05) is 0 Å². The smallest absolute Gasteiger partial charge is 0.256 e. The summed E-state index contributed by atoms with van der Waals surface area (Å²) in [6.45, 7) is 0. The minimum atomic E-state index is -0.174. The second-order valence-corrected chi connectivity index (χ2v) is 5.91. The Bertz CT molecular complexity index is 599. The maximum absolute atomic E-state index is 12.2. The zero-order valence-corrected chi connectivity index (χ0v) is 13.9. The summed E-state index contributed by atoms with van der Waals surface area (Å²) >= 11 is 5.59. The first-order chi connectivity index (χ1) is 9.10. The highest BCUT2D eigenvalue weighted by Gasteiger charge is 2.11. The van der Waals surface area contributed by atoms with Gasteiger partial charge in [-0.25, -0.2) is 0 Å². The van der Waals surface area contributed by atoms with Crippen LogP contribution >= 0.6 is 38.5 Å². The lowest BCUT2D eigenvalue weighted by molar-refractivity contribution is 0.102. The molecule has 5 heteroatoms. The van der Waals surface area contributed by atoms with Crippen LogP contribution in [-0.2, 0) is 0 Å². The molecular formula is C14H11BrINO2. The molecule has 0 radical (unpaired) electrons.